The number of methoxy groups -OCH3 is 1. The fraction of sp³-hybridized carbons (Fsp3) is 0.273. The Morgan fingerprint density at radius 2 is 1.80 bits per heavy atom. The average molecular weight is 416 g/mol. The zero-order valence-electron chi connectivity index (χ0n) is 17.1. The molecule has 6 nitrogen and oxygen atoms in total. The molecule has 0 N–H and O–H groups in total. The van der Waals surface area contributed by atoms with Crippen molar-refractivity contribution in [2.75, 3.05) is 7.11 Å². The highest BCUT2D eigenvalue weighted by molar-refractivity contribution is 5.61. The lowest BCUT2D eigenvalue weighted by molar-refractivity contribution is -0.0222. The van der Waals surface area contributed by atoms with Gasteiger partial charge in [0.1, 0.15) is 23.0 Å². The van der Waals surface area contributed by atoms with E-state index in [4.69, 9.17) is 14.2 Å². The number of carbonyl (C=O) groups is 1. The van der Waals surface area contributed by atoms with Crippen LogP contribution in [0.1, 0.15) is 38.3 Å². The molecule has 1 heterocycles. The number of rotatable bonds is 5. The van der Waals surface area contributed by atoms with Gasteiger partial charge in [-0.25, -0.2) is 18.6 Å². The van der Waals surface area contributed by atoms with E-state index in [2.05, 4.69) is 4.98 Å². The zero-order chi connectivity index (χ0) is 21.9. The third kappa shape index (κ3) is 4.94. The van der Waals surface area contributed by atoms with Crippen LogP contribution in [0.25, 0.3) is 5.69 Å². The number of benzene rings is 2. The first-order chi connectivity index (χ1) is 14.2. The van der Waals surface area contributed by atoms with Gasteiger partial charge in [0.15, 0.2) is 11.9 Å². The lowest BCUT2D eigenvalue weighted by atomic mass is 10.1. The van der Waals surface area contributed by atoms with E-state index in [0.717, 1.165) is 18.2 Å². The summed E-state index contributed by atoms with van der Waals surface area (Å²) in [5.41, 5.74) is -0.340. The standard InChI is InChI=1S/C22H22F2N2O4/c1-22(2,3)30-21(27)29-19(17-13-14(23)5-10-18(17)24)20-25-11-12-26(20)15-6-8-16(28-4)9-7-15/h5-13,19H,1-4H3. The molecule has 0 saturated carbocycles. The minimum absolute atomic E-state index is 0.176. The molecule has 1 atom stereocenters. The summed E-state index contributed by atoms with van der Waals surface area (Å²) in [6.07, 6.45) is 0.732. The topological polar surface area (TPSA) is 62.6 Å². The van der Waals surface area contributed by atoms with Crippen molar-refractivity contribution in [1.29, 1.82) is 0 Å². The Bertz CT molecular complexity index is 1030. The van der Waals surface area contributed by atoms with Gasteiger partial charge in [-0.05, 0) is 63.2 Å². The number of aromatic nitrogens is 2. The summed E-state index contributed by atoms with van der Waals surface area (Å²) in [6, 6.07) is 9.93. The van der Waals surface area contributed by atoms with E-state index in [-0.39, 0.29) is 11.4 Å². The third-order valence-electron chi connectivity index (χ3n) is 4.10. The predicted molar refractivity (Wildman–Crippen MR) is 106 cm³/mol. The minimum atomic E-state index is -1.34. The van der Waals surface area contributed by atoms with Crippen LogP contribution in [-0.4, -0.2) is 28.4 Å². The highest BCUT2D eigenvalue weighted by atomic mass is 19.1. The van der Waals surface area contributed by atoms with Gasteiger partial charge < -0.3 is 18.8 Å². The SMILES string of the molecule is COc1ccc(-n2ccnc2C(OC(=O)OC(C)(C)C)c2cc(F)ccc2F)cc1. The van der Waals surface area contributed by atoms with Gasteiger partial charge in [-0.15, -0.1) is 0 Å². The first-order valence-electron chi connectivity index (χ1n) is 9.20. The summed E-state index contributed by atoms with van der Waals surface area (Å²) >= 11 is 0. The van der Waals surface area contributed by atoms with E-state index in [1.54, 1.807) is 62.9 Å². The van der Waals surface area contributed by atoms with Crippen LogP contribution in [0.3, 0.4) is 0 Å². The van der Waals surface area contributed by atoms with Gasteiger partial charge in [-0.3, -0.25) is 0 Å². The van der Waals surface area contributed by atoms with Gasteiger partial charge in [0.25, 0.3) is 0 Å². The Morgan fingerprint density at radius 3 is 2.43 bits per heavy atom. The fourth-order valence-electron chi connectivity index (χ4n) is 2.81. The molecule has 30 heavy (non-hydrogen) atoms. The molecule has 0 amide bonds. The summed E-state index contributed by atoms with van der Waals surface area (Å²) in [6.45, 7) is 5.01. The maximum absolute atomic E-state index is 14.6. The molecule has 0 fully saturated rings. The van der Waals surface area contributed by atoms with Crippen molar-refractivity contribution in [3.8, 4) is 11.4 Å². The monoisotopic (exact) mass is 416 g/mol. The molecule has 1 unspecified atom stereocenters. The van der Waals surface area contributed by atoms with Crippen LogP contribution in [0.5, 0.6) is 5.75 Å². The Hall–Kier alpha value is -3.42. The van der Waals surface area contributed by atoms with Gasteiger partial charge in [0.05, 0.1) is 7.11 Å². The number of halogens is 2. The summed E-state index contributed by atoms with van der Waals surface area (Å²) in [4.78, 5) is 16.6. The van der Waals surface area contributed by atoms with Gasteiger partial charge >= 0.3 is 6.16 Å². The molecule has 1 aromatic heterocycles. The zero-order valence-corrected chi connectivity index (χ0v) is 17.1. The normalized spacial score (nSPS) is 12.3. The predicted octanol–water partition coefficient (Wildman–Crippen LogP) is 5.20. The molecule has 3 aromatic rings. The first-order valence-corrected chi connectivity index (χ1v) is 9.20. The fourth-order valence-corrected chi connectivity index (χ4v) is 2.81. The van der Waals surface area contributed by atoms with Gasteiger partial charge in [-0.2, -0.15) is 0 Å². The Balaban J connectivity index is 2.06. The molecule has 0 aliphatic heterocycles. The summed E-state index contributed by atoms with van der Waals surface area (Å²) in [7, 11) is 1.55. The summed E-state index contributed by atoms with van der Waals surface area (Å²) in [5, 5.41) is 0. The molecule has 8 heteroatoms. The number of carbonyl (C=O) groups excluding carboxylic acids is 1. The van der Waals surface area contributed by atoms with Crippen molar-refractivity contribution >= 4 is 6.16 Å². The number of imidazole rings is 1. The summed E-state index contributed by atoms with van der Waals surface area (Å²) < 4.78 is 45.9. The molecule has 0 saturated heterocycles. The molecule has 0 aliphatic rings. The molecule has 3 rings (SSSR count). The van der Waals surface area contributed by atoms with Crippen molar-refractivity contribution in [2.45, 2.75) is 32.5 Å². The maximum Gasteiger partial charge on any atom is 0.509 e. The molecule has 0 radical (unpaired) electrons. The van der Waals surface area contributed by atoms with Gasteiger partial charge in [-0.1, -0.05) is 0 Å². The largest absolute Gasteiger partial charge is 0.509 e. The Labute approximate surface area is 173 Å². The van der Waals surface area contributed by atoms with Crippen LogP contribution in [0.2, 0.25) is 0 Å². The van der Waals surface area contributed by atoms with Crippen molar-refractivity contribution in [3.63, 3.8) is 0 Å². The van der Waals surface area contributed by atoms with Crippen LogP contribution in [0.4, 0.5) is 13.6 Å². The van der Waals surface area contributed by atoms with E-state index in [1.165, 1.54) is 6.20 Å². The molecule has 0 aliphatic carbocycles. The van der Waals surface area contributed by atoms with Crippen LogP contribution in [-0.2, 0) is 9.47 Å². The molecule has 0 bridgehead atoms. The van der Waals surface area contributed by atoms with Gasteiger partial charge in [0, 0.05) is 23.6 Å². The molecule has 0 spiro atoms. The van der Waals surface area contributed by atoms with Gasteiger partial charge in [0.2, 0.25) is 0 Å². The maximum atomic E-state index is 14.6. The Kier molecular flexibility index (Phi) is 6.05. The molecular weight excluding hydrogens is 394 g/mol. The lowest BCUT2D eigenvalue weighted by Crippen LogP contribution is -2.27. The van der Waals surface area contributed by atoms with Crippen molar-refractivity contribution < 1.29 is 27.8 Å². The second-order valence-corrected chi connectivity index (χ2v) is 7.48. The number of hydrogen-bond acceptors (Lipinski definition) is 5. The second kappa shape index (κ2) is 8.52. The first kappa shape index (κ1) is 21.3. The molecule has 2 aromatic carbocycles. The molecular formula is C22H22F2N2O4. The van der Waals surface area contributed by atoms with Crippen LogP contribution in [0, 0.1) is 11.6 Å². The van der Waals surface area contributed by atoms with Crippen molar-refractivity contribution in [3.05, 3.63) is 77.9 Å². The van der Waals surface area contributed by atoms with Crippen LogP contribution < -0.4 is 4.74 Å². The van der Waals surface area contributed by atoms with Crippen LogP contribution >= 0.6 is 0 Å². The van der Waals surface area contributed by atoms with E-state index in [1.807, 2.05) is 0 Å². The quantitative estimate of drug-likeness (QED) is 0.535. The second-order valence-electron chi connectivity index (χ2n) is 7.48. The minimum Gasteiger partial charge on any atom is -0.497 e. The van der Waals surface area contributed by atoms with E-state index >= 15 is 0 Å². The van der Waals surface area contributed by atoms with Crippen molar-refractivity contribution in [2.24, 2.45) is 0 Å². The molecule has 158 valence electrons. The highest BCUT2D eigenvalue weighted by Gasteiger charge is 2.30. The smallest absolute Gasteiger partial charge is 0.497 e. The number of ether oxygens (including phenoxy) is 3. The van der Waals surface area contributed by atoms with E-state index in [0.29, 0.717) is 11.4 Å². The van der Waals surface area contributed by atoms with Crippen molar-refractivity contribution in [1.82, 2.24) is 9.55 Å². The summed E-state index contributed by atoms with van der Waals surface area (Å²) in [5.74, 6) is -0.588. The lowest BCUT2D eigenvalue weighted by Gasteiger charge is -2.23. The average Bonchev–Trinajstić information content (AvgIpc) is 3.16. The Morgan fingerprint density at radius 1 is 1.10 bits per heavy atom. The third-order valence-corrected chi connectivity index (χ3v) is 4.10. The number of nitrogens with zero attached hydrogens (tertiary/aromatic N) is 2. The highest BCUT2D eigenvalue weighted by Crippen LogP contribution is 2.31. The number of hydrogen-bond donors (Lipinski definition) is 0. The van der Waals surface area contributed by atoms with E-state index in [9.17, 15) is 13.6 Å². The van der Waals surface area contributed by atoms with Crippen LogP contribution in [0.15, 0.2) is 54.9 Å². The van der Waals surface area contributed by atoms with E-state index < -0.39 is 29.5 Å².